The molecular weight excluding hydrogens is 648 g/mol. The number of amides is 4. The highest BCUT2D eigenvalue weighted by molar-refractivity contribution is 8.00. The summed E-state index contributed by atoms with van der Waals surface area (Å²) in [5, 5.41) is 30.1. The van der Waals surface area contributed by atoms with Gasteiger partial charge in [-0.2, -0.15) is 9.36 Å². The predicted octanol–water partition coefficient (Wildman–Crippen LogP) is -2.18. The van der Waals surface area contributed by atoms with E-state index in [0.717, 1.165) is 16.4 Å². The maximum Gasteiger partial charge on any atom is 0.352 e. The lowest BCUT2D eigenvalue weighted by Gasteiger charge is -2.49. The van der Waals surface area contributed by atoms with Gasteiger partial charge in [0.1, 0.15) is 17.1 Å². The number of aliphatic carboxylic acids is 2. The van der Waals surface area contributed by atoms with Crippen LogP contribution in [-0.2, 0) is 37.6 Å². The Bertz CT molecular complexity index is 1630. The van der Waals surface area contributed by atoms with Gasteiger partial charge in [0, 0.05) is 29.4 Å². The number of oxime groups is 1. The van der Waals surface area contributed by atoms with Crippen LogP contribution >= 0.6 is 23.3 Å². The number of rotatable bonds is 13. The molecule has 22 heteroatoms. The van der Waals surface area contributed by atoms with E-state index in [-0.39, 0.29) is 34.8 Å². The van der Waals surface area contributed by atoms with E-state index in [1.807, 2.05) is 0 Å². The molecular formula is C24H33N12O8S2+. The van der Waals surface area contributed by atoms with E-state index >= 15 is 0 Å². The van der Waals surface area contributed by atoms with Crippen LogP contribution in [0.25, 0.3) is 0 Å². The van der Waals surface area contributed by atoms with Crippen molar-refractivity contribution in [3.8, 4) is 0 Å². The second kappa shape index (κ2) is 13.6. The standard InChI is InChI=1S/C24H32N12O8S2/c1-24(2,21(41)42)44-32-12(16-31-22(27)46-33-16)17(37)30-13-18(38)36-14(20(39)40)10(9-45-19(13)36)7-35-8-11(15(26)34(35)3)29-23(43)28-6-4-5-25/h8,13,19,26H,4-7,9,25H2,1-3H3,(H7,27,28,29,30,31,33,37,39,40,41,42,43)/p+1/b32-12+/t13-,19-/m1/s1. The number of nitrogen functional groups attached to an aromatic ring is 2. The van der Waals surface area contributed by atoms with E-state index in [1.165, 1.54) is 36.5 Å². The lowest BCUT2D eigenvalue weighted by atomic mass is 10.0. The molecule has 2 aliphatic rings. The van der Waals surface area contributed by atoms with Gasteiger partial charge in [-0.05, 0) is 26.8 Å². The summed E-state index contributed by atoms with van der Waals surface area (Å²) in [6.45, 7) is 3.22. The third kappa shape index (κ3) is 6.97. The molecule has 2 aromatic rings. The summed E-state index contributed by atoms with van der Waals surface area (Å²) in [7, 11) is 1.62. The predicted molar refractivity (Wildman–Crippen MR) is 164 cm³/mol. The highest BCUT2D eigenvalue weighted by Gasteiger charge is 2.55. The zero-order valence-corrected chi connectivity index (χ0v) is 26.5. The summed E-state index contributed by atoms with van der Waals surface area (Å²) in [5.41, 5.74) is 15.3. The van der Waals surface area contributed by atoms with Crippen LogP contribution in [0.15, 0.2) is 22.6 Å². The number of thioether (sulfide) groups is 1. The molecule has 11 N–H and O–H groups in total. The molecule has 4 amide bonds. The Hall–Kier alpha value is -4.96. The smallest absolute Gasteiger partial charge is 0.352 e. The SMILES string of the molecule is Cn1c(N)c(NC(=O)NCCCN)c[n+]1CC1=C(C(=O)O)N2C(=O)[C@@H](NC(=O)/C(=N/OC(C)(C)C(=O)O)c3nsc(N)n3)[C@H]2SC1. The number of nitrogens with two attached hydrogens (primary N) is 3. The quantitative estimate of drug-likeness (QED) is 0.0367. The molecule has 1 fully saturated rings. The molecule has 4 rings (SSSR count). The van der Waals surface area contributed by atoms with Crippen LogP contribution in [0, 0.1) is 0 Å². The Morgan fingerprint density at radius 1 is 1.26 bits per heavy atom. The molecule has 0 aliphatic carbocycles. The number of carboxylic acids is 2. The molecule has 0 saturated carbocycles. The number of hydrogen-bond donors (Lipinski definition) is 8. The number of aromatic nitrogens is 4. The van der Waals surface area contributed by atoms with Crippen molar-refractivity contribution >= 4 is 75.4 Å². The van der Waals surface area contributed by atoms with Gasteiger partial charge in [0.15, 0.2) is 23.2 Å². The highest BCUT2D eigenvalue weighted by Crippen LogP contribution is 2.40. The summed E-state index contributed by atoms with van der Waals surface area (Å²) in [5.74, 6) is -4.26. The second-order valence-electron chi connectivity index (χ2n) is 10.5. The van der Waals surface area contributed by atoms with Gasteiger partial charge in [0.2, 0.25) is 23.3 Å². The Labute approximate surface area is 269 Å². The molecule has 0 aromatic carbocycles. The van der Waals surface area contributed by atoms with Gasteiger partial charge < -0.3 is 42.9 Å². The molecule has 2 atom stereocenters. The molecule has 0 radical (unpaired) electrons. The first-order valence-corrected chi connectivity index (χ1v) is 15.4. The normalized spacial score (nSPS) is 18.0. The number of fused-ring (bicyclic) bond motifs is 1. The van der Waals surface area contributed by atoms with Gasteiger partial charge in [0.05, 0.1) is 7.05 Å². The molecule has 0 spiro atoms. The van der Waals surface area contributed by atoms with Gasteiger partial charge in [-0.3, -0.25) is 19.8 Å². The summed E-state index contributed by atoms with van der Waals surface area (Å²) in [6, 6.07) is -1.65. The van der Waals surface area contributed by atoms with Crippen molar-refractivity contribution in [2.45, 2.75) is 43.8 Å². The van der Waals surface area contributed by atoms with Crippen molar-refractivity contribution in [1.82, 2.24) is 29.6 Å². The third-order valence-corrected chi connectivity index (χ3v) is 8.72. The minimum absolute atomic E-state index is 0.00276. The minimum Gasteiger partial charge on any atom is -0.478 e. The van der Waals surface area contributed by atoms with E-state index in [0.29, 0.717) is 30.8 Å². The molecule has 248 valence electrons. The van der Waals surface area contributed by atoms with Crippen LogP contribution in [0.2, 0.25) is 0 Å². The number of nitrogens with one attached hydrogen (secondary N) is 3. The number of carboxylic acid groups (broad SMARTS) is 2. The molecule has 2 aromatic heterocycles. The monoisotopic (exact) mass is 681 g/mol. The zero-order valence-electron chi connectivity index (χ0n) is 24.8. The van der Waals surface area contributed by atoms with E-state index in [4.69, 9.17) is 22.0 Å². The summed E-state index contributed by atoms with van der Waals surface area (Å²) in [6.07, 6.45) is 2.13. The second-order valence-corrected chi connectivity index (χ2v) is 12.4. The number of β-lactam (4-membered cyclic amide) rings is 1. The van der Waals surface area contributed by atoms with Crippen LogP contribution in [-0.4, -0.2) is 101 Å². The third-order valence-electron chi connectivity index (χ3n) is 6.84. The van der Waals surface area contributed by atoms with Crippen molar-refractivity contribution in [2.24, 2.45) is 17.9 Å². The first-order chi connectivity index (χ1) is 21.7. The zero-order chi connectivity index (χ0) is 33.9. The Balaban J connectivity index is 1.52. The minimum atomic E-state index is -1.82. The molecule has 2 aliphatic heterocycles. The van der Waals surface area contributed by atoms with Crippen molar-refractivity contribution < 1.29 is 43.7 Å². The van der Waals surface area contributed by atoms with E-state index in [1.54, 1.807) is 11.7 Å². The average Bonchev–Trinajstić information content (AvgIpc) is 3.53. The fourth-order valence-corrected chi connectivity index (χ4v) is 6.03. The van der Waals surface area contributed by atoms with Crippen molar-refractivity contribution in [3.05, 3.63) is 23.3 Å². The van der Waals surface area contributed by atoms with Crippen molar-refractivity contribution in [3.63, 3.8) is 0 Å². The number of anilines is 3. The molecule has 46 heavy (non-hydrogen) atoms. The Morgan fingerprint density at radius 2 is 1.98 bits per heavy atom. The van der Waals surface area contributed by atoms with Crippen LogP contribution in [0.3, 0.4) is 0 Å². The van der Waals surface area contributed by atoms with Gasteiger partial charge in [-0.15, -0.1) is 21.1 Å². The maximum atomic E-state index is 13.3. The van der Waals surface area contributed by atoms with Gasteiger partial charge in [-0.1, -0.05) is 5.16 Å². The van der Waals surface area contributed by atoms with Crippen molar-refractivity contribution in [1.29, 1.82) is 0 Å². The van der Waals surface area contributed by atoms with Gasteiger partial charge in [0.25, 0.3) is 11.8 Å². The van der Waals surface area contributed by atoms with Gasteiger partial charge >= 0.3 is 18.0 Å². The molecule has 0 bridgehead atoms. The van der Waals surface area contributed by atoms with E-state index in [9.17, 15) is 34.2 Å². The lowest BCUT2D eigenvalue weighted by molar-refractivity contribution is -0.765. The summed E-state index contributed by atoms with van der Waals surface area (Å²) >= 11 is 1.97. The maximum absolute atomic E-state index is 13.3. The van der Waals surface area contributed by atoms with Crippen LogP contribution in [0.4, 0.5) is 21.4 Å². The molecule has 0 unspecified atom stereocenters. The number of nitrogens with zero attached hydrogens (tertiary/aromatic N) is 6. The molecule has 4 heterocycles. The van der Waals surface area contributed by atoms with Crippen LogP contribution < -0.4 is 37.8 Å². The van der Waals surface area contributed by atoms with Crippen LogP contribution in [0.1, 0.15) is 26.1 Å². The fraction of sp³-hybridized carbons (Fsp3) is 0.458. The highest BCUT2D eigenvalue weighted by atomic mass is 32.2. The molecule has 20 nitrogen and oxygen atoms in total. The largest absolute Gasteiger partial charge is 0.478 e. The Morgan fingerprint density at radius 3 is 2.59 bits per heavy atom. The van der Waals surface area contributed by atoms with E-state index < -0.39 is 52.5 Å². The number of carbonyl (C=O) groups is 5. The summed E-state index contributed by atoms with van der Waals surface area (Å²) in [4.78, 5) is 72.6. The first-order valence-electron chi connectivity index (χ1n) is 13.6. The average molecular weight is 682 g/mol. The van der Waals surface area contributed by atoms with E-state index in [2.05, 4.69) is 30.5 Å². The van der Waals surface area contributed by atoms with Crippen LogP contribution in [0.5, 0.6) is 0 Å². The number of urea groups is 1. The number of carbonyl (C=O) groups excluding carboxylic acids is 3. The summed E-state index contributed by atoms with van der Waals surface area (Å²) < 4.78 is 7.03. The molecule has 1 saturated heterocycles. The van der Waals surface area contributed by atoms with Crippen molar-refractivity contribution in [2.75, 3.05) is 35.6 Å². The topological polar surface area (TPSA) is 299 Å². The fourth-order valence-electron chi connectivity index (χ4n) is 4.26. The van der Waals surface area contributed by atoms with Gasteiger partial charge in [-0.25, -0.2) is 14.4 Å². The first kappa shape index (κ1) is 33.9. The lowest BCUT2D eigenvalue weighted by Crippen LogP contribution is -2.71. The Kier molecular flexibility index (Phi) is 10.0. The number of hydrogen-bond acceptors (Lipinski definition) is 14.